The maximum Gasteiger partial charge on any atom is 0.226 e. The lowest BCUT2D eigenvalue weighted by atomic mass is 10.1. The van der Waals surface area contributed by atoms with E-state index < -0.39 is 0 Å². The van der Waals surface area contributed by atoms with E-state index in [1.165, 1.54) is 32.4 Å². The molecule has 2 fully saturated rings. The molecule has 0 aromatic carbocycles. The number of hydrogen-bond donors (Lipinski definition) is 0. The zero-order valence-electron chi connectivity index (χ0n) is 10.7. The summed E-state index contributed by atoms with van der Waals surface area (Å²) < 4.78 is 0. The van der Waals surface area contributed by atoms with Crippen molar-refractivity contribution in [3.8, 4) is 0 Å². The molecule has 1 amide bonds. The van der Waals surface area contributed by atoms with Crippen LogP contribution in [-0.4, -0.2) is 53.8 Å². The van der Waals surface area contributed by atoms with E-state index in [0.717, 1.165) is 19.5 Å². The van der Waals surface area contributed by atoms with Crippen LogP contribution in [0, 0.1) is 5.92 Å². The summed E-state index contributed by atoms with van der Waals surface area (Å²) in [6, 6.07) is 0.599. The van der Waals surface area contributed by atoms with E-state index in [1.807, 2.05) is 11.8 Å². The molecule has 0 N–H and O–H groups in total. The van der Waals surface area contributed by atoms with Gasteiger partial charge < -0.3 is 4.90 Å². The number of carbonyl (C=O) groups is 1. The van der Waals surface area contributed by atoms with Gasteiger partial charge in [-0.05, 0) is 32.4 Å². The lowest BCUT2D eigenvalue weighted by molar-refractivity contribution is -0.133. The molecule has 17 heavy (non-hydrogen) atoms. The van der Waals surface area contributed by atoms with Crippen LogP contribution in [0.15, 0.2) is 0 Å². The average molecular weight is 259 g/mol. The average Bonchev–Trinajstić information content (AvgIpc) is 2.87. The third-order valence-corrected chi connectivity index (χ3v) is 4.50. The number of piperidine rings is 1. The topological polar surface area (TPSA) is 23.6 Å². The molecular formula is C13H23ClN2O. The highest BCUT2D eigenvalue weighted by Gasteiger charge is 2.32. The van der Waals surface area contributed by atoms with Crippen molar-refractivity contribution < 1.29 is 4.79 Å². The van der Waals surface area contributed by atoms with Crippen LogP contribution in [0.4, 0.5) is 0 Å². The molecule has 0 aromatic heterocycles. The zero-order chi connectivity index (χ0) is 12.3. The van der Waals surface area contributed by atoms with Crippen LogP contribution < -0.4 is 0 Å². The lowest BCUT2D eigenvalue weighted by Crippen LogP contribution is -2.42. The van der Waals surface area contributed by atoms with Gasteiger partial charge in [-0.15, -0.1) is 11.6 Å². The van der Waals surface area contributed by atoms with Crippen molar-refractivity contribution in [2.75, 3.05) is 32.1 Å². The molecule has 4 heteroatoms. The normalized spacial score (nSPS) is 28.4. The van der Waals surface area contributed by atoms with E-state index >= 15 is 0 Å². The largest absolute Gasteiger partial charge is 0.341 e. The van der Waals surface area contributed by atoms with Gasteiger partial charge in [0.2, 0.25) is 5.91 Å². The van der Waals surface area contributed by atoms with Crippen LogP contribution in [0.5, 0.6) is 0 Å². The predicted octanol–water partition coefficient (Wildman–Crippen LogP) is 1.95. The number of halogens is 1. The predicted molar refractivity (Wildman–Crippen MR) is 70.3 cm³/mol. The van der Waals surface area contributed by atoms with Crippen molar-refractivity contribution in [3.05, 3.63) is 0 Å². The number of likely N-dealkylation sites (tertiary alicyclic amines) is 2. The highest BCUT2D eigenvalue weighted by atomic mass is 35.5. The van der Waals surface area contributed by atoms with Gasteiger partial charge in [0.15, 0.2) is 0 Å². The first-order valence-electron chi connectivity index (χ1n) is 6.81. The van der Waals surface area contributed by atoms with Gasteiger partial charge in [-0.1, -0.05) is 13.3 Å². The second-order valence-corrected chi connectivity index (χ2v) is 5.69. The quantitative estimate of drug-likeness (QED) is 0.723. The molecule has 3 nitrogen and oxygen atoms in total. The molecule has 0 aliphatic carbocycles. The van der Waals surface area contributed by atoms with Gasteiger partial charge in [-0.2, -0.15) is 0 Å². The van der Waals surface area contributed by atoms with Crippen molar-refractivity contribution in [3.63, 3.8) is 0 Å². The zero-order valence-corrected chi connectivity index (χ0v) is 11.5. The van der Waals surface area contributed by atoms with Crippen molar-refractivity contribution >= 4 is 17.5 Å². The highest BCUT2D eigenvalue weighted by molar-refractivity contribution is 6.19. The van der Waals surface area contributed by atoms with Crippen molar-refractivity contribution in [2.45, 2.75) is 38.6 Å². The minimum absolute atomic E-state index is 0.0308. The molecule has 2 heterocycles. The van der Waals surface area contributed by atoms with Crippen molar-refractivity contribution in [1.82, 2.24) is 9.80 Å². The van der Waals surface area contributed by atoms with Gasteiger partial charge in [0.05, 0.1) is 0 Å². The summed E-state index contributed by atoms with van der Waals surface area (Å²) in [6.07, 6.45) is 5.15. The van der Waals surface area contributed by atoms with Crippen LogP contribution in [0.1, 0.15) is 32.6 Å². The minimum atomic E-state index is -0.0308. The molecule has 2 aliphatic rings. The lowest BCUT2D eigenvalue weighted by Gasteiger charge is -2.32. The molecule has 0 spiro atoms. The van der Waals surface area contributed by atoms with E-state index in [9.17, 15) is 4.79 Å². The number of rotatable bonds is 3. The Bertz CT molecular complexity index is 266. The fraction of sp³-hybridized carbons (Fsp3) is 0.923. The summed E-state index contributed by atoms with van der Waals surface area (Å²) in [5, 5.41) is 0. The van der Waals surface area contributed by atoms with E-state index in [-0.39, 0.29) is 11.8 Å². The van der Waals surface area contributed by atoms with Crippen LogP contribution in [0.3, 0.4) is 0 Å². The molecule has 2 rings (SSSR count). The molecular weight excluding hydrogens is 236 g/mol. The Hall–Kier alpha value is -0.280. The van der Waals surface area contributed by atoms with Crippen molar-refractivity contribution in [2.24, 2.45) is 5.92 Å². The fourth-order valence-corrected chi connectivity index (χ4v) is 3.03. The van der Waals surface area contributed by atoms with Crippen LogP contribution in [-0.2, 0) is 4.79 Å². The third-order valence-electron chi connectivity index (χ3n) is 4.04. The maximum atomic E-state index is 12.0. The molecule has 2 aliphatic heterocycles. The van der Waals surface area contributed by atoms with Gasteiger partial charge in [0.1, 0.15) is 0 Å². The minimum Gasteiger partial charge on any atom is -0.341 e. The summed E-state index contributed by atoms with van der Waals surface area (Å²) >= 11 is 5.75. The SMILES string of the molecule is CC(CCl)C(=O)N1CCC(N2CCCCC2)C1. The van der Waals surface area contributed by atoms with Crippen LogP contribution in [0.2, 0.25) is 0 Å². The van der Waals surface area contributed by atoms with Gasteiger partial charge in [0, 0.05) is 30.9 Å². The molecule has 0 bridgehead atoms. The number of nitrogens with zero attached hydrogens (tertiary/aromatic N) is 2. The summed E-state index contributed by atoms with van der Waals surface area (Å²) in [4.78, 5) is 16.6. The molecule has 98 valence electrons. The number of hydrogen-bond acceptors (Lipinski definition) is 2. The number of amides is 1. The molecule has 2 saturated heterocycles. The summed E-state index contributed by atoms with van der Waals surface area (Å²) in [5.41, 5.74) is 0. The Morgan fingerprint density at radius 3 is 2.65 bits per heavy atom. The Labute approximate surface area is 109 Å². The highest BCUT2D eigenvalue weighted by Crippen LogP contribution is 2.21. The molecule has 2 atom stereocenters. The maximum absolute atomic E-state index is 12.0. The standard InChI is InChI=1S/C13H23ClN2O/c1-11(9-14)13(17)16-8-5-12(10-16)15-6-3-2-4-7-15/h11-12H,2-10H2,1H3. The first-order chi connectivity index (χ1) is 8.22. The van der Waals surface area contributed by atoms with Crippen LogP contribution in [0.25, 0.3) is 0 Å². The summed E-state index contributed by atoms with van der Waals surface area (Å²) in [5.74, 6) is 0.639. The number of alkyl halides is 1. The van der Waals surface area contributed by atoms with Gasteiger partial charge in [0.25, 0.3) is 0 Å². The third kappa shape index (κ3) is 3.14. The Balaban J connectivity index is 1.84. The van der Waals surface area contributed by atoms with Gasteiger partial charge in [-0.25, -0.2) is 0 Å². The molecule has 0 radical (unpaired) electrons. The monoisotopic (exact) mass is 258 g/mol. The Morgan fingerprint density at radius 1 is 1.29 bits per heavy atom. The van der Waals surface area contributed by atoms with Gasteiger partial charge in [-0.3, -0.25) is 9.69 Å². The summed E-state index contributed by atoms with van der Waals surface area (Å²) in [6.45, 7) is 6.19. The summed E-state index contributed by atoms with van der Waals surface area (Å²) in [7, 11) is 0. The first kappa shape index (κ1) is 13.2. The van der Waals surface area contributed by atoms with E-state index in [2.05, 4.69) is 4.90 Å². The Morgan fingerprint density at radius 2 is 2.00 bits per heavy atom. The molecule has 0 aromatic rings. The fourth-order valence-electron chi connectivity index (χ4n) is 2.90. The van der Waals surface area contributed by atoms with E-state index in [1.54, 1.807) is 0 Å². The van der Waals surface area contributed by atoms with E-state index in [0.29, 0.717) is 11.9 Å². The van der Waals surface area contributed by atoms with Gasteiger partial charge >= 0.3 is 0 Å². The molecule has 2 unspecified atom stereocenters. The second kappa shape index (κ2) is 6.05. The molecule has 0 saturated carbocycles. The first-order valence-corrected chi connectivity index (χ1v) is 7.34. The van der Waals surface area contributed by atoms with Crippen LogP contribution >= 0.6 is 11.6 Å². The second-order valence-electron chi connectivity index (χ2n) is 5.38. The smallest absolute Gasteiger partial charge is 0.226 e. The van der Waals surface area contributed by atoms with Crippen molar-refractivity contribution in [1.29, 1.82) is 0 Å². The Kier molecular flexibility index (Phi) is 4.69. The number of carbonyl (C=O) groups excluding carboxylic acids is 1. The van der Waals surface area contributed by atoms with E-state index in [4.69, 9.17) is 11.6 Å².